The zero-order chi connectivity index (χ0) is 14.0. The SMILES string of the molecule is Cc1nnc(COc2ccc(F)cc2S(=O)(=O)Cl)o1. The smallest absolute Gasteiger partial charge is 0.265 e. The Hall–Kier alpha value is -1.67. The van der Waals surface area contributed by atoms with Gasteiger partial charge >= 0.3 is 0 Å². The predicted molar refractivity (Wildman–Crippen MR) is 62.8 cm³/mol. The van der Waals surface area contributed by atoms with Crippen LogP contribution in [0.1, 0.15) is 11.8 Å². The Morgan fingerprint density at radius 3 is 2.74 bits per heavy atom. The van der Waals surface area contributed by atoms with Crippen LogP contribution >= 0.6 is 10.7 Å². The van der Waals surface area contributed by atoms with Crippen molar-refractivity contribution in [1.29, 1.82) is 0 Å². The molecule has 0 amide bonds. The summed E-state index contributed by atoms with van der Waals surface area (Å²) in [6.45, 7) is 1.45. The molecular weight excluding hydrogens is 299 g/mol. The van der Waals surface area contributed by atoms with Gasteiger partial charge in [0.05, 0.1) is 0 Å². The fourth-order valence-corrected chi connectivity index (χ4v) is 2.31. The van der Waals surface area contributed by atoms with Gasteiger partial charge in [-0.2, -0.15) is 0 Å². The average Bonchev–Trinajstić information content (AvgIpc) is 2.72. The highest BCUT2D eigenvalue weighted by Crippen LogP contribution is 2.28. The zero-order valence-electron chi connectivity index (χ0n) is 9.63. The van der Waals surface area contributed by atoms with Crippen LogP contribution in [0.3, 0.4) is 0 Å². The van der Waals surface area contributed by atoms with E-state index < -0.39 is 19.8 Å². The van der Waals surface area contributed by atoms with Crippen molar-refractivity contribution < 1.29 is 22.0 Å². The molecule has 0 saturated heterocycles. The summed E-state index contributed by atoms with van der Waals surface area (Å²) < 4.78 is 45.8. The highest BCUT2D eigenvalue weighted by atomic mass is 35.7. The molecule has 0 saturated carbocycles. The number of hydrogen-bond acceptors (Lipinski definition) is 6. The van der Waals surface area contributed by atoms with Crippen molar-refractivity contribution in [2.45, 2.75) is 18.4 Å². The summed E-state index contributed by atoms with van der Waals surface area (Å²) in [6, 6.07) is 2.99. The Morgan fingerprint density at radius 1 is 1.42 bits per heavy atom. The molecule has 1 aromatic carbocycles. The minimum Gasteiger partial charge on any atom is -0.482 e. The van der Waals surface area contributed by atoms with E-state index >= 15 is 0 Å². The molecular formula is C10H8ClFN2O4S. The zero-order valence-corrected chi connectivity index (χ0v) is 11.2. The van der Waals surface area contributed by atoms with Crippen LogP contribution in [0.25, 0.3) is 0 Å². The van der Waals surface area contributed by atoms with Crippen LogP contribution in [0.15, 0.2) is 27.5 Å². The van der Waals surface area contributed by atoms with E-state index in [2.05, 4.69) is 10.2 Å². The molecule has 9 heteroatoms. The first-order valence-electron chi connectivity index (χ1n) is 5.02. The van der Waals surface area contributed by atoms with Crippen LogP contribution in [0.5, 0.6) is 5.75 Å². The van der Waals surface area contributed by atoms with E-state index in [1.807, 2.05) is 0 Å². The van der Waals surface area contributed by atoms with Crippen LogP contribution in [-0.4, -0.2) is 18.6 Å². The summed E-state index contributed by atoms with van der Waals surface area (Å²) in [4.78, 5) is -0.453. The number of hydrogen-bond donors (Lipinski definition) is 0. The summed E-state index contributed by atoms with van der Waals surface area (Å²) in [5.41, 5.74) is 0. The largest absolute Gasteiger partial charge is 0.482 e. The van der Waals surface area contributed by atoms with Gasteiger partial charge in [-0.05, 0) is 18.2 Å². The molecule has 1 heterocycles. The van der Waals surface area contributed by atoms with Crippen molar-refractivity contribution >= 4 is 19.7 Å². The second-order valence-electron chi connectivity index (χ2n) is 3.53. The Bertz CT molecular complexity index is 701. The molecule has 0 atom stereocenters. The van der Waals surface area contributed by atoms with E-state index in [9.17, 15) is 12.8 Å². The number of halogens is 2. The predicted octanol–water partition coefficient (Wildman–Crippen LogP) is 2.02. The molecule has 0 unspecified atom stereocenters. The van der Waals surface area contributed by atoms with Crippen LogP contribution in [0.4, 0.5) is 4.39 Å². The van der Waals surface area contributed by atoms with E-state index in [1.165, 1.54) is 0 Å². The summed E-state index contributed by atoms with van der Waals surface area (Å²) in [6.07, 6.45) is 0. The lowest BCUT2D eigenvalue weighted by Crippen LogP contribution is -2.01. The molecule has 0 fully saturated rings. The highest BCUT2D eigenvalue weighted by molar-refractivity contribution is 8.13. The Labute approximate surface area is 112 Å². The van der Waals surface area contributed by atoms with Gasteiger partial charge in [0.1, 0.15) is 16.5 Å². The maximum absolute atomic E-state index is 13.0. The highest BCUT2D eigenvalue weighted by Gasteiger charge is 2.18. The topological polar surface area (TPSA) is 82.3 Å². The monoisotopic (exact) mass is 306 g/mol. The fraction of sp³-hybridized carbons (Fsp3) is 0.200. The first-order valence-corrected chi connectivity index (χ1v) is 7.33. The second kappa shape index (κ2) is 5.14. The number of aryl methyl sites for hydroxylation is 1. The molecule has 0 spiro atoms. The third-order valence-electron chi connectivity index (χ3n) is 2.09. The first-order chi connectivity index (χ1) is 8.86. The van der Waals surface area contributed by atoms with Crippen molar-refractivity contribution in [1.82, 2.24) is 10.2 Å². The normalized spacial score (nSPS) is 11.5. The van der Waals surface area contributed by atoms with Gasteiger partial charge in [0.15, 0.2) is 6.61 Å². The third kappa shape index (κ3) is 3.42. The van der Waals surface area contributed by atoms with Gasteiger partial charge in [0, 0.05) is 17.6 Å². The Balaban J connectivity index is 2.25. The average molecular weight is 307 g/mol. The molecule has 19 heavy (non-hydrogen) atoms. The van der Waals surface area contributed by atoms with Crippen LogP contribution in [0, 0.1) is 12.7 Å². The molecule has 2 rings (SSSR count). The van der Waals surface area contributed by atoms with E-state index in [0.29, 0.717) is 5.89 Å². The molecule has 1 aromatic heterocycles. The fourth-order valence-electron chi connectivity index (χ4n) is 1.33. The summed E-state index contributed by atoms with van der Waals surface area (Å²) in [5.74, 6) is -0.310. The standard InChI is InChI=1S/C10H8ClFN2O4S/c1-6-13-14-10(18-6)5-17-8-3-2-7(12)4-9(8)19(11,15)16/h2-4H,5H2,1H3. The summed E-state index contributed by atoms with van der Waals surface area (Å²) in [7, 11) is 1.08. The van der Waals surface area contributed by atoms with Crippen LogP contribution < -0.4 is 4.74 Å². The van der Waals surface area contributed by atoms with Crippen LogP contribution in [0.2, 0.25) is 0 Å². The number of nitrogens with zero attached hydrogens (tertiary/aromatic N) is 2. The second-order valence-corrected chi connectivity index (χ2v) is 6.07. The molecule has 0 aliphatic heterocycles. The van der Waals surface area contributed by atoms with Gasteiger partial charge in [0.25, 0.3) is 14.9 Å². The van der Waals surface area contributed by atoms with E-state index in [-0.39, 0.29) is 18.2 Å². The number of benzene rings is 1. The summed E-state index contributed by atoms with van der Waals surface area (Å²) in [5, 5.41) is 7.26. The molecule has 0 aliphatic carbocycles. The van der Waals surface area contributed by atoms with E-state index in [1.54, 1.807) is 6.92 Å². The molecule has 6 nitrogen and oxygen atoms in total. The van der Waals surface area contributed by atoms with Gasteiger partial charge in [-0.3, -0.25) is 0 Å². The maximum atomic E-state index is 13.0. The Morgan fingerprint density at radius 2 is 2.16 bits per heavy atom. The van der Waals surface area contributed by atoms with Gasteiger partial charge < -0.3 is 9.15 Å². The summed E-state index contributed by atoms with van der Waals surface area (Å²) >= 11 is 0. The van der Waals surface area contributed by atoms with Crippen molar-refractivity contribution in [3.05, 3.63) is 35.8 Å². The molecule has 0 bridgehead atoms. The van der Waals surface area contributed by atoms with E-state index in [4.69, 9.17) is 19.8 Å². The van der Waals surface area contributed by atoms with E-state index in [0.717, 1.165) is 18.2 Å². The number of aromatic nitrogens is 2. The minimum absolute atomic E-state index is 0.0905. The van der Waals surface area contributed by atoms with Crippen molar-refractivity contribution in [3.8, 4) is 5.75 Å². The molecule has 0 radical (unpaired) electrons. The first kappa shape index (κ1) is 13.8. The quantitative estimate of drug-likeness (QED) is 0.804. The minimum atomic E-state index is -4.11. The number of rotatable bonds is 4. The maximum Gasteiger partial charge on any atom is 0.265 e. The molecule has 102 valence electrons. The van der Waals surface area contributed by atoms with Gasteiger partial charge in [-0.1, -0.05) is 0 Å². The molecule has 0 N–H and O–H groups in total. The van der Waals surface area contributed by atoms with Gasteiger partial charge in [-0.25, -0.2) is 12.8 Å². The molecule has 0 aliphatic rings. The van der Waals surface area contributed by atoms with Crippen molar-refractivity contribution in [2.75, 3.05) is 0 Å². The van der Waals surface area contributed by atoms with Crippen LogP contribution in [-0.2, 0) is 15.7 Å². The lowest BCUT2D eigenvalue weighted by Gasteiger charge is -2.07. The van der Waals surface area contributed by atoms with Crippen molar-refractivity contribution in [3.63, 3.8) is 0 Å². The van der Waals surface area contributed by atoms with Gasteiger partial charge in [0.2, 0.25) is 5.89 Å². The third-order valence-corrected chi connectivity index (χ3v) is 3.43. The van der Waals surface area contributed by atoms with Crippen molar-refractivity contribution in [2.24, 2.45) is 0 Å². The number of ether oxygens (including phenoxy) is 1. The molecule has 2 aromatic rings. The lowest BCUT2D eigenvalue weighted by molar-refractivity contribution is 0.254. The van der Waals surface area contributed by atoms with Gasteiger partial charge in [-0.15, -0.1) is 10.2 Å². The Kier molecular flexibility index (Phi) is 3.72. The lowest BCUT2D eigenvalue weighted by atomic mass is 10.3.